The molecule has 0 fully saturated rings. The fourth-order valence-electron chi connectivity index (χ4n) is 3.25. The maximum Gasteiger partial charge on any atom is 0.261 e. The second-order valence-electron chi connectivity index (χ2n) is 6.69. The minimum Gasteiger partial charge on any atom is -0.321 e. The molecule has 2 heterocycles. The van der Waals surface area contributed by atoms with Crippen LogP contribution in [0.2, 0.25) is 5.02 Å². The molecule has 0 saturated carbocycles. The average molecular weight is 418 g/mol. The number of carbonyl (C=O) groups excluding carboxylic acids is 1. The third kappa shape index (κ3) is 3.29. The van der Waals surface area contributed by atoms with Gasteiger partial charge in [-0.1, -0.05) is 11.6 Å². The van der Waals surface area contributed by atoms with Crippen LogP contribution in [-0.4, -0.2) is 30.1 Å². The zero-order valence-corrected chi connectivity index (χ0v) is 16.5. The largest absolute Gasteiger partial charge is 0.321 e. The highest BCUT2D eigenvalue weighted by molar-refractivity contribution is 7.90. The summed E-state index contributed by atoms with van der Waals surface area (Å²) < 4.78 is 25.1. The van der Waals surface area contributed by atoms with Crippen molar-refractivity contribution < 1.29 is 13.2 Å². The van der Waals surface area contributed by atoms with Crippen molar-refractivity contribution in [3.8, 4) is 0 Å². The Morgan fingerprint density at radius 2 is 2.00 bits per heavy atom. The number of nitrogens with zero attached hydrogens (tertiary/aromatic N) is 2. The quantitative estimate of drug-likeness (QED) is 0.706. The van der Waals surface area contributed by atoms with Crippen LogP contribution in [0.4, 0.5) is 5.69 Å². The highest BCUT2D eigenvalue weighted by Crippen LogP contribution is 2.26. The second-order valence-corrected chi connectivity index (χ2v) is 9.11. The molecule has 2 aromatic carbocycles. The molecule has 9 heteroatoms. The molecule has 0 radical (unpaired) electrons. The molecule has 0 atom stereocenters. The molecule has 4 rings (SSSR count). The molecule has 1 aliphatic heterocycles. The predicted octanol–water partition coefficient (Wildman–Crippen LogP) is 2.65. The molecular weight excluding hydrogens is 402 g/mol. The Bertz CT molecular complexity index is 1300. The van der Waals surface area contributed by atoms with Gasteiger partial charge in [0.25, 0.3) is 11.5 Å². The first-order valence-electron chi connectivity index (χ1n) is 8.58. The van der Waals surface area contributed by atoms with Crippen LogP contribution < -0.4 is 10.9 Å². The lowest BCUT2D eigenvalue weighted by molar-refractivity contribution is 0.102. The minimum absolute atomic E-state index is 0.0518. The van der Waals surface area contributed by atoms with Gasteiger partial charge < -0.3 is 5.32 Å². The number of amides is 1. The fraction of sp³-hybridized carbons (Fsp3) is 0.211. The highest BCUT2D eigenvalue weighted by atomic mass is 35.5. The summed E-state index contributed by atoms with van der Waals surface area (Å²) in [6, 6.07) is 8.78. The molecular formula is C19H16ClN3O4S. The van der Waals surface area contributed by atoms with Crippen molar-refractivity contribution in [2.45, 2.75) is 24.3 Å². The van der Waals surface area contributed by atoms with Crippen molar-refractivity contribution in [1.29, 1.82) is 0 Å². The van der Waals surface area contributed by atoms with E-state index in [0.29, 0.717) is 23.0 Å². The van der Waals surface area contributed by atoms with E-state index in [0.717, 1.165) is 24.9 Å². The van der Waals surface area contributed by atoms with Crippen LogP contribution in [0.25, 0.3) is 10.9 Å². The Morgan fingerprint density at radius 3 is 2.75 bits per heavy atom. The molecule has 1 amide bonds. The Labute approximate surface area is 165 Å². The maximum absolute atomic E-state index is 12.7. The van der Waals surface area contributed by atoms with Gasteiger partial charge in [-0.25, -0.2) is 13.4 Å². The lowest BCUT2D eigenvalue weighted by Gasteiger charge is -2.10. The van der Waals surface area contributed by atoms with Crippen molar-refractivity contribution >= 4 is 43.9 Å². The number of hydrogen-bond donors (Lipinski definition) is 1. The zero-order valence-electron chi connectivity index (χ0n) is 14.9. The molecule has 28 heavy (non-hydrogen) atoms. The average Bonchev–Trinajstić information content (AvgIpc) is 3.11. The van der Waals surface area contributed by atoms with E-state index in [1.807, 2.05) is 0 Å². The van der Waals surface area contributed by atoms with Crippen LogP contribution in [0.15, 0.2) is 46.1 Å². The summed E-state index contributed by atoms with van der Waals surface area (Å²) in [4.78, 5) is 29.7. The number of anilines is 1. The van der Waals surface area contributed by atoms with Gasteiger partial charge >= 0.3 is 0 Å². The van der Waals surface area contributed by atoms with Gasteiger partial charge in [-0.3, -0.25) is 14.2 Å². The van der Waals surface area contributed by atoms with E-state index in [4.69, 9.17) is 11.6 Å². The topological polar surface area (TPSA) is 98.1 Å². The van der Waals surface area contributed by atoms with E-state index >= 15 is 0 Å². The number of aromatic nitrogens is 2. The summed E-state index contributed by atoms with van der Waals surface area (Å²) >= 11 is 6.09. The van der Waals surface area contributed by atoms with Crippen LogP contribution in [0, 0.1) is 0 Å². The standard InChI is InChI=1S/C19H16ClN3O4S/c1-28(26,27)12-5-7-14(20)16(10-12)22-18(24)11-4-6-13-15(9-11)21-17-3-2-8-23(17)19(13)25/h4-7,9-10H,2-3,8H2,1H3,(H,22,24). The summed E-state index contributed by atoms with van der Waals surface area (Å²) in [5.74, 6) is 0.246. The Kier molecular flexibility index (Phi) is 4.47. The summed E-state index contributed by atoms with van der Waals surface area (Å²) in [5, 5.41) is 3.30. The number of fused-ring (bicyclic) bond motifs is 2. The Hall–Kier alpha value is -2.71. The van der Waals surface area contributed by atoms with Crippen molar-refractivity contribution in [2.24, 2.45) is 0 Å². The SMILES string of the molecule is CS(=O)(=O)c1ccc(Cl)c(NC(=O)c2ccc3c(=O)n4c(nc3c2)CCC4)c1. The number of hydrogen-bond acceptors (Lipinski definition) is 5. The number of nitrogens with one attached hydrogen (secondary N) is 1. The third-order valence-electron chi connectivity index (χ3n) is 4.69. The van der Waals surface area contributed by atoms with Gasteiger partial charge in [0.2, 0.25) is 0 Å². The first-order valence-corrected chi connectivity index (χ1v) is 10.9. The summed E-state index contributed by atoms with van der Waals surface area (Å²) in [7, 11) is -3.44. The van der Waals surface area contributed by atoms with Crippen molar-refractivity contribution in [2.75, 3.05) is 11.6 Å². The summed E-state index contributed by atoms with van der Waals surface area (Å²) in [6.45, 7) is 0.661. The number of benzene rings is 2. The molecule has 0 saturated heterocycles. The van der Waals surface area contributed by atoms with Gasteiger partial charge in [0, 0.05) is 24.8 Å². The van der Waals surface area contributed by atoms with Crippen LogP contribution in [0.1, 0.15) is 22.6 Å². The van der Waals surface area contributed by atoms with Gasteiger partial charge in [0.15, 0.2) is 9.84 Å². The van der Waals surface area contributed by atoms with E-state index in [9.17, 15) is 18.0 Å². The summed E-state index contributed by atoms with van der Waals surface area (Å²) in [6.07, 6.45) is 2.68. The number of aryl methyl sites for hydroxylation is 1. The molecule has 0 spiro atoms. The normalized spacial score (nSPS) is 13.5. The number of sulfone groups is 1. The Morgan fingerprint density at radius 1 is 1.21 bits per heavy atom. The summed E-state index contributed by atoms with van der Waals surface area (Å²) in [5.41, 5.74) is 0.843. The van der Waals surface area contributed by atoms with Crippen LogP contribution in [0.5, 0.6) is 0 Å². The van der Waals surface area contributed by atoms with Crippen LogP contribution in [-0.2, 0) is 22.8 Å². The monoisotopic (exact) mass is 417 g/mol. The van der Waals surface area contributed by atoms with E-state index in [1.165, 1.54) is 24.3 Å². The fourth-order valence-corrected chi connectivity index (χ4v) is 4.06. The predicted molar refractivity (Wildman–Crippen MR) is 107 cm³/mol. The van der Waals surface area contributed by atoms with Crippen LogP contribution >= 0.6 is 11.6 Å². The molecule has 0 bridgehead atoms. The van der Waals surface area contributed by atoms with Crippen molar-refractivity contribution in [3.63, 3.8) is 0 Å². The number of halogens is 1. The zero-order chi connectivity index (χ0) is 20.1. The van der Waals surface area contributed by atoms with E-state index in [-0.39, 0.29) is 21.2 Å². The van der Waals surface area contributed by atoms with Gasteiger partial charge in [0.05, 0.1) is 26.5 Å². The van der Waals surface area contributed by atoms with E-state index in [1.54, 1.807) is 16.7 Å². The van der Waals surface area contributed by atoms with Crippen molar-refractivity contribution in [1.82, 2.24) is 9.55 Å². The number of rotatable bonds is 3. The van der Waals surface area contributed by atoms with Gasteiger partial charge in [-0.2, -0.15) is 0 Å². The molecule has 3 aromatic rings. The minimum atomic E-state index is -3.44. The second kappa shape index (κ2) is 6.72. The van der Waals surface area contributed by atoms with Crippen molar-refractivity contribution in [3.05, 3.63) is 63.2 Å². The number of carbonyl (C=O) groups is 1. The van der Waals surface area contributed by atoms with E-state index in [2.05, 4.69) is 10.3 Å². The lowest BCUT2D eigenvalue weighted by atomic mass is 10.1. The molecule has 0 unspecified atom stereocenters. The molecule has 1 aliphatic rings. The highest BCUT2D eigenvalue weighted by Gasteiger charge is 2.18. The molecule has 1 aromatic heterocycles. The van der Waals surface area contributed by atoms with Crippen LogP contribution in [0.3, 0.4) is 0 Å². The first kappa shape index (κ1) is 18.6. The molecule has 1 N–H and O–H groups in total. The first-order chi connectivity index (χ1) is 13.2. The van der Waals surface area contributed by atoms with Gasteiger partial charge in [0.1, 0.15) is 5.82 Å². The third-order valence-corrected chi connectivity index (χ3v) is 6.13. The van der Waals surface area contributed by atoms with E-state index < -0.39 is 15.7 Å². The Balaban J connectivity index is 1.70. The molecule has 7 nitrogen and oxygen atoms in total. The molecule has 144 valence electrons. The lowest BCUT2D eigenvalue weighted by Crippen LogP contribution is -2.21. The van der Waals surface area contributed by atoms with Gasteiger partial charge in [-0.05, 0) is 42.8 Å². The smallest absolute Gasteiger partial charge is 0.261 e. The van der Waals surface area contributed by atoms with Gasteiger partial charge in [-0.15, -0.1) is 0 Å². The maximum atomic E-state index is 12.7. The molecule has 0 aliphatic carbocycles.